The molecule has 2 aromatic rings. The van der Waals surface area contributed by atoms with E-state index in [9.17, 15) is 4.79 Å². The standard InChI is InChI=1S/C16H15ClO2/c1-11-3-6-13(7-4-11)15(18)10-19-16-8-5-12(2)9-14(16)17/h3-9H,10H2,1-2H3. The topological polar surface area (TPSA) is 26.3 Å². The lowest BCUT2D eigenvalue weighted by atomic mass is 10.1. The fourth-order valence-corrected chi connectivity index (χ4v) is 1.98. The Morgan fingerprint density at radius 1 is 1.05 bits per heavy atom. The number of hydrogen-bond acceptors (Lipinski definition) is 2. The first kappa shape index (κ1) is 13.6. The van der Waals surface area contributed by atoms with Crippen LogP contribution >= 0.6 is 11.6 Å². The van der Waals surface area contributed by atoms with Gasteiger partial charge in [-0.15, -0.1) is 0 Å². The molecule has 0 heterocycles. The Hall–Kier alpha value is -1.80. The normalized spacial score (nSPS) is 10.3. The molecule has 98 valence electrons. The molecule has 2 aromatic carbocycles. The van der Waals surface area contributed by atoms with E-state index in [1.165, 1.54) is 0 Å². The number of carbonyl (C=O) groups is 1. The minimum Gasteiger partial charge on any atom is -0.484 e. The van der Waals surface area contributed by atoms with Crippen molar-refractivity contribution in [3.05, 3.63) is 64.2 Å². The van der Waals surface area contributed by atoms with Gasteiger partial charge in [-0.1, -0.05) is 47.5 Å². The van der Waals surface area contributed by atoms with Crippen molar-refractivity contribution in [3.63, 3.8) is 0 Å². The largest absolute Gasteiger partial charge is 0.484 e. The summed E-state index contributed by atoms with van der Waals surface area (Å²) in [6, 6.07) is 12.9. The molecule has 0 spiro atoms. The highest BCUT2D eigenvalue weighted by Gasteiger charge is 2.08. The highest BCUT2D eigenvalue weighted by Crippen LogP contribution is 2.25. The molecule has 2 rings (SSSR count). The summed E-state index contributed by atoms with van der Waals surface area (Å²) in [6.45, 7) is 3.93. The first-order valence-corrected chi connectivity index (χ1v) is 6.43. The van der Waals surface area contributed by atoms with E-state index in [1.54, 1.807) is 18.2 Å². The number of Topliss-reactive ketones (excluding diaryl/α,β-unsaturated/α-hetero) is 1. The fraction of sp³-hybridized carbons (Fsp3) is 0.188. The molecule has 0 aromatic heterocycles. The van der Waals surface area contributed by atoms with Gasteiger partial charge in [0.05, 0.1) is 5.02 Å². The smallest absolute Gasteiger partial charge is 0.200 e. The third kappa shape index (κ3) is 3.58. The van der Waals surface area contributed by atoms with Gasteiger partial charge in [0.25, 0.3) is 0 Å². The highest BCUT2D eigenvalue weighted by molar-refractivity contribution is 6.32. The molecular formula is C16H15ClO2. The van der Waals surface area contributed by atoms with Gasteiger partial charge in [-0.2, -0.15) is 0 Å². The summed E-state index contributed by atoms with van der Waals surface area (Å²) >= 11 is 6.04. The molecule has 19 heavy (non-hydrogen) atoms. The highest BCUT2D eigenvalue weighted by atomic mass is 35.5. The minimum absolute atomic E-state index is 0.00809. The number of hydrogen-bond donors (Lipinski definition) is 0. The van der Waals surface area contributed by atoms with E-state index in [4.69, 9.17) is 16.3 Å². The van der Waals surface area contributed by atoms with Crippen molar-refractivity contribution < 1.29 is 9.53 Å². The Morgan fingerprint density at radius 3 is 2.32 bits per heavy atom. The quantitative estimate of drug-likeness (QED) is 0.781. The third-order valence-electron chi connectivity index (χ3n) is 2.82. The molecule has 0 aliphatic rings. The maximum atomic E-state index is 11.9. The molecule has 0 N–H and O–H groups in total. The zero-order valence-electron chi connectivity index (χ0n) is 10.9. The van der Waals surface area contributed by atoms with Gasteiger partial charge in [0.2, 0.25) is 0 Å². The second kappa shape index (κ2) is 5.89. The molecule has 0 fully saturated rings. The van der Waals surface area contributed by atoms with Crippen LogP contribution in [-0.2, 0) is 0 Å². The summed E-state index contributed by atoms with van der Waals surface area (Å²) < 4.78 is 5.46. The van der Waals surface area contributed by atoms with Crippen molar-refractivity contribution in [1.82, 2.24) is 0 Å². The average Bonchev–Trinajstić information content (AvgIpc) is 2.38. The van der Waals surface area contributed by atoms with Crippen LogP contribution in [0, 0.1) is 13.8 Å². The van der Waals surface area contributed by atoms with Crippen LogP contribution in [0.25, 0.3) is 0 Å². The zero-order chi connectivity index (χ0) is 13.8. The number of ether oxygens (including phenoxy) is 1. The van der Waals surface area contributed by atoms with Crippen molar-refractivity contribution in [2.24, 2.45) is 0 Å². The van der Waals surface area contributed by atoms with Gasteiger partial charge in [0.1, 0.15) is 5.75 Å². The molecule has 0 amide bonds. The van der Waals surface area contributed by atoms with Crippen LogP contribution in [0.1, 0.15) is 21.5 Å². The molecule has 0 unspecified atom stereocenters. The monoisotopic (exact) mass is 274 g/mol. The molecule has 3 heteroatoms. The van der Waals surface area contributed by atoms with Gasteiger partial charge in [-0.25, -0.2) is 0 Å². The van der Waals surface area contributed by atoms with Gasteiger partial charge in [-0.3, -0.25) is 4.79 Å². The van der Waals surface area contributed by atoms with E-state index in [0.29, 0.717) is 16.3 Å². The van der Waals surface area contributed by atoms with Crippen molar-refractivity contribution in [3.8, 4) is 5.75 Å². The van der Waals surface area contributed by atoms with E-state index in [2.05, 4.69) is 0 Å². The van der Waals surface area contributed by atoms with Crippen LogP contribution in [-0.4, -0.2) is 12.4 Å². The summed E-state index contributed by atoms with van der Waals surface area (Å²) in [5, 5.41) is 0.525. The summed E-state index contributed by atoms with van der Waals surface area (Å²) in [5.74, 6) is 0.476. The van der Waals surface area contributed by atoms with Crippen LogP contribution in [0.2, 0.25) is 5.02 Å². The number of ketones is 1. The lowest BCUT2D eigenvalue weighted by Gasteiger charge is -2.08. The zero-order valence-corrected chi connectivity index (χ0v) is 11.7. The number of benzene rings is 2. The van der Waals surface area contributed by atoms with Crippen LogP contribution in [0.15, 0.2) is 42.5 Å². The van der Waals surface area contributed by atoms with E-state index in [1.807, 2.05) is 38.1 Å². The van der Waals surface area contributed by atoms with E-state index in [0.717, 1.165) is 11.1 Å². The van der Waals surface area contributed by atoms with Crippen LogP contribution in [0.3, 0.4) is 0 Å². The fourth-order valence-electron chi connectivity index (χ4n) is 1.69. The predicted molar refractivity (Wildman–Crippen MR) is 77.2 cm³/mol. The molecule has 0 atom stereocenters. The van der Waals surface area contributed by atoms with E-state index in [-0.39, 0.29) is 12.4 Å². The average molecular weight is 275 g/mol. The Kier molecular flexibility index (Phi) is 4.23. The molecule has 0 aliphatic carbocycles. The van der Waals surface area contributed by atoms with Crippen molar-refractivity contribution in [2.75, 3.05) is 6.61 Å². The summed E-state index contributed by atoms with van der Waals surface area (Å²) in [6.07, 6.45) is 0. The molecule has 0 radical (unpaired) electrons. The molecular weight excluding hydrogens is 260 g/mol. The van der Waals surface area contributed by atoms with Gasteiger partial charge in [0, 0.05) is 5.56 Å². The van der Waals surface area contributed by atoms with Crippen molar-refractivity contribution >= 4 is 17.4 Å². The van der Waals surface area contributed by atoms with E-state index < -0.39 is 0 Å². The lowest BCUT2D eigenvalue weighted by molar-refractivity contribution is 0.0921. The second-order valence-corrected chi connectivity index (χ2v) is 4.92. The first-order valence-electron chi connectivity index (χ1n) is 6.05. The summed E-state index contributed by atoms with van der Waals surface area (Å²) in [4.78, 5) is 11.9. The number of rotatable bonds is 4. The van der Waals surface area contributed by atoms with Gasteiger partial charge in [0.15, 0.2) is 12.4 Å². The van der Waals surface area contributed by atoms with Gasteiger partial charge < -0.3 is 4.74 Å². The Balaban J connectivity index is 2.02. The molecule has 0 aliphatic heterocycles. The van der Waals surface area contributed by atoms with Gasteiger partial charge in [-0.05, 0) is 31.5 Å². The predicted octanol–water partition coefficient (Wildman–Crippen LogP) is 4.22. The molecule has 0 saturated heterocycles. The van der Waals surface area contributed by atoms with Crippen LogP contribution in [0.5, 0.6) is 5.75 Å². The second-order valence-electron chi connectivity index (χ2n) is 4.51. The van der Waals surface area contributed by atoms with Crippen molar-refractivity contribution in [2.45, 2.75) is 13.8 Å². The summed E-state index contributed by atoms with van der Waals surface area (Å²) in [5.41, 5.74) is 2.83. The van der Waals surface area contributed by atoms with Crippen LogP contribution in [0.4, 0.5) is 0 Å². The van der Waals surface area contributed by atoms with Gasteiger partial charge >= 0.3 is 0 Å². The molecule has 0 bridgehead atoms. The lowest BCUT2D eigenvalue weighted by Crippen LogP contribution is -2.11. The minimum atomic E-state index is -0.0587. The first-order chi connectivity index (χ1) is 9.06. The Labute approximate surface area is 118 Å². The molecule has 0 saturated carbocycles. The van der Waals surface area contributed by atoms with Crippen molar-refractivity contribution in [1.29, 1.82) is 0 Å². The number of halogens is 1. The number of carbonyl (C=O) groups excluding carboxylic acids is 1. The van der Waals surface area contributed by atoms with Crippen LogP contribution < -0.4 is 4.74 Å². The Bertz CT molecular complexity index is 588. The Morgan fingerprint density at radius 2 is 1.68 bits per heavy atom. The number of aryl methyl sites for hydroxylation is 2. The SMILES string of the molecule is Cc1ccc(C(=O)COc2ccc(C)cc2Cl)cc1. The molecule has 2 nitrogen and oxygen atoms in total. The maximum absolute atomic E-state index is 11.9. The maximum Gasteiger partial charge on any atom is 0.200 e. The third-order valence-corrected chi connectivity index (χ3v) is 3.12. The summed E-state index contributed by atoms with van der Waals surface area (Å²) in [7, 11) is 0. The van der Waals surface area contributed by atoms with E-state index >= 15 is 0 Å².